The van der Waals surface area contributed by atoms with Gasteiger partial charge < -0.3 is 10.2 Å². The molecule has 9 heteroatoms. The number of carbonyl (C=O) groups is 2. The molecular weight excluding hydrogens is 456 g/mol. The molecule has 0 radical (unpaired) electrons. The number of hydrogen-bond donors (Lipinski definition) is 1. The summed E-state index contributed by atoms with van der Waals surface area (Å²) in [6.45, 7) is 4.10. The van der Waals surface area contributed by atoms with Crippen molar-refractivity contribution in [2.24, 2.45) is 0 Å². The lowest BCUT2D eigenvalue weighted by molar-refractivity contribution is -0.120. The van der Waals surface area contributed by atoms with Crippen LogP contribution in [0.1, 0.15) is 29.7 Å². The number of hydrogen-bond acceptors (Lipinski definition) is 6. The predicted molar refractivity (Wildman–Crippen MR) is 133 cm³/mol. The first-order chi connectivity index (χ1) is 16.1. The molecule has 0 saturated heterocycles. The maximum atomic E-state index is 13.5. The van der Waals surface area contributed by atoms with Gasteiger partial charge in [-0.25, -0.2) is 4.98 Å². The molecule has 1 aliphatic carbocycles. The van der Waals surface area contributed by atoms with Gasteiger partial charge in [-0.2, -0.15) is 0 Å². The van der Waals surface area contributed by atoms with Crippen LogP contribution in [0.5, 0.6) is 0 Å². The molecule has 1 aliphatic heterocycles. The first-order valence-corrected chi connectivity index (χ1v) is 12.8. The van der Waals surface area contributed by atoms with E-state index in [4.69, 9.17) is 4.98 Å². The van der Waals surface area contributed by atoms with E-state index < -0.39 is 0 Å². The number of carbonyl (C=O) groups excluding carboxylic acids is 2. The van der Waals surface area contributed by atoms with E-state index in [9.17, 15) is 14.4 Å². The predicted octanol–water partition coefficient (Wildman–Crippen LogP) is 3.99. The molecule has 3 heterocycles. The van der Waals surface area contributed by atoms with E-state index in [1.807, 2.05) is 18.2 Å². The Morgan fingerprint density at radius 2 is 2.03 bits per heavy atom. The zero-order valence-corrected chi connectivity index (χ0v) is 19.8. The van der Waals surface area contributed by atoms with Gasteiger partial charge in [0.2, 0.25) is 11.8 Å². The number of aryl methyl sites for hydroxylation is 2. The highest BCUT2D eigenvalue weighted by molar-refractivity contribution is 7.99. The Hall–Kier alpha value is -2.91. The van der Waals surface area contributed by atoms with Gasteiger partial charge in [-0.1, -0.05) is 36.4 Å². The first-order valence-electron chi connectivity index (χ1n) is 11.0. The summed E-state index contributed by atoms with van der Waals surface area (Å²) in [6.07, 6.45) is 7.01. The van der Waals surface area contributed by atoms with Crippen molar-refractivity contribution in [1.29, 1.82) is 0 Å². The molecule has 2 aromatic heterocycles. The third-order valence-corrected chi connectivity index (χ3v) is 8.14. The molecule has 5 rings (SSSR count). The average Bonchev–Trinajstić information content (AvgIpc) is 3.00. The number of thiophene rings is 1. The van der Waals surface area contributed by atoms with Crippen molar-refractivity contribution >= 4 is 56.5 Å². The Morgan fingerprint density at radius 3 is 2.88 bits per heavy atom. The highest BCUT2D eigenvalue weighted by atomic mass is 32.2. The second-order valence-corrected chi connectivity index (χ2v) is 10.2. The van der Waals surface area contributed by atoms with Crippen LogP contribution < -0.4 is 15.8 Å². The van der Waals surface area contributed by atoms with Crippen LogP contribution in [-0.4, -0.2) is 33.7 Å². The van der Waals surface area contributed by atoms with Crippen LogP contribution >= 0.6 is 23.1 Å². The molecule has 3 aromatic rings. The Labute approximate surface area is 199 Å². The molecule has 2 aliphatic rings. The number of para-hydroxylation sites is 2. The fourth-order valence-corrected chi connectivity index (χ4v) is 6.64. The van der Waals surface area contributed by atoms with Crippen LogP contribution in [0.25, 0.3) is 10.2 Å². The van der Waals surface area contributed by atoms with Crippen molar-refractivity contribution < 1.29 is 9.59 Å². The molecule has 0 bridgehead atoms. The minimum Gasteiger partial charge on any atom is -0.323 e. The van der Waals surface area contributed by atoms with Gasteiger partial charge in [0.15, 0.2) is 5.16 Å². The number of nitrogens with one attached hydrogen (secondary N) is 1. The number of amides is 2. The number of thioether (sulfide) groups is 1. The molecule has 2 amide bonds. The lowest BCUT2D eigenvalue weighted by atomic mass is 10.1. The smallest absolute Gasteiger partial charge is 0.263 e. The maximum absolute atomic E-state index is 13.5. The summed E-state index contributed by atoms with van der Waals surface area (Å²) in [5.74, 6) is -0.360. The van der Waals surface area contributed by atoms with Crippen LogP contribution in [0.2, 0.25) is 0 Å². The number of anilines is 2. The van der Waals surface area contributed by atoms with Crippen molar-refractivity contribution in [2.75, 3.05) is 22.5 Å². The molecule has 0 saturated carbocycles. The van der Waals surface area contributed by atoms with Crippen LogP contribution in [0.3, 0.4) is 0 Å². The van der Waals surface area contributed by atoms with E-state index in [0.717, 1.165) is 41.5 Å². The first kappa shape index (κ1) is 21.9. The number of fused-ring (bicyclic) bond motifs is 4. The molecule has 0 atom stereocenters. The second kappa shape index (κ2) is 9.15. The third-order valence-electron chi connectivity index (χ3n) is 6.00. The lowest BCUT2D eigenvalue weighted by Gasteiger charge is -2.29. The maximum Gasteiger partial charge on any atom is 0.263 e. The summed E-state index contributed by atoms with van der Waals surface area (Å²) in [5, 5.41) is 4.03. The summed E-state index contributed by atoms with van der Waals surface area (Å²) in [7, 11) is 0. The highest BCUT2D eigenvalue weighted by Crippen LogP contribution is 2.34. The lowest BCUT2D eigenvalue weighted by Crippen LogP contribution is -2.43. The largest absolute Gasteiger partial charge is 0.323 e. The van der Waals surface area contributed by atoms with Gasteiger partial charge in [-0.15, -0.1) is 17.9 Å². The zero-order valence-electron chi connectivity index (χ0n) is 18.1. The Bertz CT molecular complexity index is 1330. The van der Waals surface area contributed by atoms with E-state index in [2.05, 4.69) is 11.9 Å². The Balaban J connectivity index is 1.46. The zero-order chi connectivity index (χ0) is 22.9. The van der Waals surface area contributed by atoms with E-state index in [1.165, 1.54) is 28.0 Å². The standard InChI is InChI=1S/C24H24N4O3S2/c1-2-12-27-23(31)21-15-8-4-3-5-11-18(15)33-22(21)26-24(27)32-14-20(30)28-13-19(29)25-16-9-6-7-10-17(16)28/h2,6-7,9-10H,1,3-5,8,11-14H2,(H,25,29). The Morgan fingerprint density at radius 1 is 1.21 bits per heavy atom. The van der Waals surface area contributed by atoms with Crippen LogP contribution in [0.15, 0.2) is 46.9 Å². The van der Waals surface area contributed by atoms with Crippen LogP contribution in [0, 0.1) is 0 Å². The second-order valence-electron chi connectivity index (χ2n) is 8.18. The van der Waals surface area contributed by atoms with Crippen molar-refractivity contribution in [3.05, 3.63) is 57.7 Å². The number of rotatable bonds is 5. The van der Waals surface area contributed by atoms with Crippen molar-refractivity contribution in [2.45, 2.75) is 43.8 Å². The topological polar surface area (TPSA) is 84.3 Å². The fraction of sp³-hybridized carbons (Fsp3) is 0.333. The average molecular weight is 481 g/mol. The van der Waals surface area contributed by atoms with E-state index in [1.54, 1.807) is 28.0 Å². The van der Waals surface area contributed by atoms with Gasteiger partial charge in [0.25, 0.3) is 5.56 Å². The molecule has 0 fully saturated rings. The molecule has 7 nitrogen and oxygen atoms in total. The van der Waals surface area contributed by atoms with E-state index in [-0.39, 0.29) is 29.7 Å². The SMILES string of the molecule is C=CCn1c(SCC(=O)N2CC(=O)Nc3ccccc32)nc2sc3c(c2c1=O)CCCCC3. The van der Waals surface area contributed by atoms with E-state index >= 15 is 0 Å². The molecule has 1 N–H and O–H groups in total. The van der Waals surface area contributed by atoms with Gasteiger partial charge in [0.05, 0.1) is 22.5 Å². The molecular formula is C24H24N4O3S2. The monoisotopic (exact) mass is 480 g/mol. The van der Waals surface area contributed by atoms with Gasteiger partial charge >= 0.3 is 0 Å². The Kier molecular flexibility index (Phi) is 6.07. The van der Waals surface area contributed by atoms with Crippen molar-refractivity contribution in [3.8, 4) is 0 Å². The number of allylic oxidation sites excluding steroid dienone is 1. The normalized spacial score (nSPS) is 15.5. The van der Waals surface area contributed by atoms with Gasteiger partial charge in [-0.05, 0) is 43.4 Å². The number of nitrogens with zero attached hydrogens (tertiary/aromatic N) is 3. The molecule has 0 spiro atoms. The van der Waals surface area contributed by atoms with Crippen molar-refractivity contribution in [3.63, 3.8) is 0 Å². The van der Waals surface area contributed by atoms with Gasteiger partial charge in [-0.3, -0.25) is 19.0 Å². The summed E-state index contributed by atoms with van der Waals surface area (Å²) >= 11 is 2.84. The quantitative estimate of drug-likeness (QED) is 0.258. The minimum atomic E-state index is -0.227. The molecule has 170 valence electrons. The number of benzene rings is 1. The molecule has 1 aromatic carbocycles. The van der Waals surface area contributed by atoms with Crippen LogP contribution in [-0.2, 0) is 29.0 Å². The van der Waals surface area contributed by atoms with Gasteiger partial charge in [0.1, 0.15) is 11.4 Å². The molecule has 0 unspecified atom stereocenters. The summed E-state index contributed by atoms with van der Waals surface area (Å²) < 4.78 is 1.61. The fourth-order valence-electron chi connectivity index (χ4n) is 4.46. The molecule has 33 heavy (non-hydrogen) atoms. The van der Waals surface area contributed by atoms with E-state index in [0.29, 0.717) is 23.1 Å². The van der Waals surface area contributed by atoms with Crippen LogP contribution in [0.4, 0.5) is 11.4 Å². The summed E-state index contributed by atoms with van der Waals surface area (Å²) in [4.78, 5) is 47.0. The number of aromatic nitrogens is 2. The van der Waals surface area contributed by atoms with Crippen molar-refractivity contribution in [1.82, 2.24) is 9.55 Å². The summed E-state index contributed by atoms with van der Waals surface area (Å²) in [6, 6.07) is 7.24. The minimum absolute atomic E-state index is 0.0278. The van der Waals surface area contributed by atoms with Gasteiger partial charge in [0, 0.05) is 11.4 Å². The summed E-state index contributed by atoms with van der Waals surface area (Å²) in [5.41, 5.74) is 2.40. The third kappa shape index (κ3) is 4.11. The highest BCUT2D eigenvalue weighted by Gasteiger charge is 2.27.